The van der Waals surface area contributed by atoms with Crippen LogP contribution in [-0.4, -0.2) is 38.9 Å². The second kappa shape index (κ2) is 4.72. The highest BCUT2D eigenvalue weighted by molar-refractivity contribution is 7.96. The fraction of sp³-hybridized carbons (Fsp3) is 0.667. The number of alkyl halides is 6. The van der Waals surface area contributed by atoms with Gasteiger partial charge in [-0.05, 0) is 0 Å². The van der Waals surface area contributed by atoms with E-state index in [2.05, 4.69) is 6.58 Å². The topological polar surface area (TPSA) is 68.3 Å². The first-order valence-corrected chi connectivity index (χ1v) is 7.08. The third-order valence-electron chi connectivity index (χ3n) is 1.72. The maximum atomic E-state index is 12.0. The van der Waals surface area contributed by atoms with E-state index in [0.29, 0.717) is 0 Å². The molecule has 0 heterocycles. The Labute approximate surface area is 98.1 Å². The van der Waals surface area contributed by atoms with Crippen molar-refractivity contribution in [3.05, 3.63) is 12.7 Å². The summed E-state index contributed by atoms with van der Waals surface area (Å²) in [5, 5.41) is -2.91. The Morgan fingerprint density at radius 1 is 0.944 bits per heavy atom. The molecule has 0 amide bonds. The summed E-state index contributed by atoms with van der Waals surface area (Å²) in [4.78, 5) is 0. The third kappa shape index (κ3) is 3.37. The molecule has 108 valence electrons. The van der Waals surface area contributed by atoms with Gasteiger partial charge in [-0.2, -0.15) is 26.3 Å². The highest BCUT2D eigenvalue weighted by Gasteiger charge is 2.54. The molecule has 0 N–H and O–H groups in total. The van der Waals surface area contributed by atoms with Crippen LogP contribution in [0, 0.1) is 0 Å². The van der Waals surface area contributed by atoms with E-state index in [-0.39, 0.29) is 6.08 Å². The molecule has 0 radical (unpaired) electrons. The second-order valence-electron chi connectivity index (χ2n) is 2.99. The van der Waals surface area contributed by atoms with Gasteiger partial charge in [-0.15, -0.1) is 6.58 Å². The van der Waals surface area contributed by atoms with Crippen LogP contribution in [0.15, 0.2) is 12.7 Å². The average molecular weight is 320 g/mol. The lowest BCUT2D eigenvalue weighted by atomic mass is 10.5. The molecule has 4 nitrogen and oxygen atoms in total. The second-order valence-corrected chi connectivity index (χ2v) is 7.18. The van der Waals surface area contributed by atoms with E-state index >= 15 is 0 Å². The molecule has 0 aliphatic carbocycles. The van der Waals surface area contributed by atoms with Crippen LogP contribution in [-0.2, 0) is 19.7 Å². The van der Waals surface area contributed by atoms with Crippen molar-refractivity contribution in [2.24, 2.45) is 0 Å². The van der Waals surface area contributed by atoms with E-state index in [1.54, 1.807) is 0 Å². The van der Waals surface area contributed by atoms with Crippen molar-refractivity contribution in [3.63, 3.8) is 0 Å². The zero-order chi connectivity index (χ0) is 15.0. The molecule has 0 aromatic heterocycles. The summed E-state index contributed by atoms with van der Waals surface area (Å²) in [6.45, 7) is 2.60. The number of hydrogen-bond donors (Lipinski definition) is 0. The van der Waals surface area contributed by atoms with Crippen LogP contribution in [0.4, 0.5) is 26.3 Å². The highest BCUT2D eigenvalue weighted by atomic mass is 32.2. The van der Waals surface area contributed by atoms with Crippen LogP contribution < -0.4 is 0 Å². The summed E-state index contributed by atoms with van der Waals surface area (Å²) in [6.07, 6.45) is -0.00782. The van der Waals surface area contributed by atoms with Crippen molar-refractivity contribution in [1.82, 2.24) is 0 Å². The smallest absolute Gasteiger partial charge is 0.220 e. The molecule has 0 saturated heterocycles. The number of sulfone groups is 2. The Bertz CT molecular complexity index is 511. The molecule has 0 fully saturated rings. The van der Waals surface area contributed by atoms with Crippen LogP contribution in [0.1, 0.15) is 0 Å². The molecule has 0 bridgehead atoms. The molecule has 0 aliphatic heterocycles. The normalized spacial score (nSPS) is 16.3. The van der Waals surface area contributed by atoms with E-state index in [4.69, 9.17) is 0 Å². The minimum absolute atomic E-state index is 0.00782. The molecular formula is C6H6F6O4S2. The molecule has 12 heteroatoms. The first kappa shape index (κ1) is 17.2. The molecular weight excluding hydrogens is 314 g/mol. The predicted molar refractivity (Wildman–Crippen MR) is 48.8 cm³/mol. The summed E-state index contributed by atoms with van der Waals surface area (Å²) in [7, 11) is -12.1. The Kier molecular flexibility index (Phi) is 4.51. The first-order valence-electron chi connectivity index (χ1n) is 3.88. The molecule has 18 heavy (non-hydrogen) atoms. The van der Waals surface area contributed by atoms with Crippen LogP contribution in [0.2, 0.25) is 0 Å². The molecule has 0 spiro atoms. The summed E-state index contributed by atoms with van der Waals surface area (Å²) in [5.41, 5.74) is -11.7. The molecule has 0 saturated carbocycles. The SMILES string of the molecule is C=CC(CS(=O)(=O)C(F)(F)F)S(=O)(=O)C(F)(F)F. The fourth-order valence-electron chi connectivity index (χ4n) is 0.767. The standard InChI is InChI=1S/C6H6F6O4S2/c1-2-4(18(15,16)6(10,11)12)3-17(13,14)5(7,8)9/h2,4H,1,3H2. The van der Waals surface area contributed by atoms with E-state index in [0.717, 1.165) is 0 Å². The third-order valence-corrected chi connectivity index (χ3v) is 5.24. The van der Waals surface area contributed by atoms with Crippen LogP contribution in [0.5, 0.6) is 0 Å². The van der Waals surface area contributed by atoms with E-state index in [9.17, 15) is 43.2 Å². The van der Waals surface area contributed by atoms with Gasteiger partial charge in [0.1, 0.15) is 5.25 Å². The largest absolute Gasteiger partial charge is 0.498 e. The van der Waals surface area contributed by atoms with Crippen molar-refractivity contribution < 1.29 is 43.2 Å². The van der Waals surface area contributed by atoms with Gasteiger partial charge in [0.15, 0.2) is 0 Å². The average Bonchev–Trinajstić information content (AvgIpc) is 2.10. The minimum Gasteiger partial charge on any atom is -0.220 e. The molecule has 1 atom stereocenters. The van der Waals surface area contributed by atoms with E-state index < -0.39 is 41.7 Å². The Hall–Kier alpha value is -0.780. The predicted octanol–water partition coefficient (Wildman–Crippen LogP) is 1.41. The van der Waals surface area contributed by atoms with Gasteiger partial charge in [-0.3, -0.25) is 0 Å². The monoisotopic (exact) mass is 320 g/mol. The van der Waals surface area contributed by atoms with E-state index in [1.807, 2.05) is 0 Å². The van der Waals surface area contributed by atoms with Gasteiger partial charge in [-0.1, -0.05) is 6.08 Å². The summed E-state index contributed by atoms with van der Waals surface area (Å²) < 4.78 is 115. The van der Waals surface area contributed by atoms with Crippen molar-refractivity contribution in [2.45, 2.75) is 16.3 Å². The van der Waals surface area contributed by atoms with Gasteiger partial charge >= 0.3 is 11.0 Å². The maximum Gasteiger partial charge on any atom is 0.498 e. The van der Waals surface area contributed by atoms with Gasteiger partial charge < -0.3 is 0 Å². The van der Waals surface area contributed by atoms with Crippen molar-refractivity contribution in [3.8, 4) is 0 Å². The Morgan fingerprint density at radius 3 is 1.56 bits per heavy atom. The van der Waals surface area contributed by atoms with Crippen molar-refractivity contribution in [2.75, 3.05) is 5.75 Å². The van der Waals surface area contributed by atoms with Crippen molar-refractivity contribution in [1.29, 1.82) is 0 Å². The lowest BCUT2D eigenvalue weighted by Crippen LogP contribution is -2.40. The molecule has 1 unspecified atom stereocenters. The quantitative estimate of drug-likeness (QED) is 0.580. The lowest BCUT2D eigenvalue weighted by Gasteiger charge is -2.16. The number of rotatable bonds is 4. The van der Waals surface area contributed by atoms with Gasteiger partial charge in [-0.25, -0.2) is 16.8 Å². The van der Waals surface area contributed by atoms with Crippen LogP contribution in [0.25, 0.3) is 0 Å². The van der Waals surface area contributed by atoms with E-state index in [1.165, 1.54) is 0 Å². The summed E-state index contributed by atoms with van der Waals surface area (Å²) in [5.74, 6) is -2.26. The molecule has 0 aliphatic rings. The zero-order valence-electron chi connectivity index (χ0n) is 8.29. The number of halogens is 6. The highest BCUT2D eigenvalue weighted by Crippen LogP contribution is 2.31. The molecule has 0 aromatic carbocycles. The van der Waals surface area contributed by atoms with Gasteiger partial charge in [0.05, 0.1) is 5.75 Å². The number of hydrogen-bond acceptors (Lipinski definition) is 4. The summed E-state index contributed by atoms with van der Waals surface area (Å²) in [6, 6.07) is 0. The van der Waals surface area contributed by atoms with Crippen LogP contribution in [0.3, 0.4) is 0 Å². The zero-order valence-corrected chi connectivity index (χ0v) is 9.92. The Morgan fingerprint density at radius 2 is 1.33 bits per heavy atom. The maximum absolute atomic E-state index is 12.0. The Balaban J connectivity index is 5.52. The van der Waals surface area contributed by atoms with Crippen molar-refractivity contribution >= 4 is 19.7 Å². The van der Waals surface area contributed by atoms with Gasteiger partial charge in [0.2, 0.25) is 9.84 Å². The molecule has 0 rings (SSSR count). The first-order chi connectivity index (χ1) is 7.67. The van der Waals surface area contributed by atoms with Gasteiger partial charge in [0, 0.05) is 0 Å². The lowest BCUT2D eigenvalue weighted by molar-refractivity contribution is -0.0458. The van der Waals surface area contributed by atoms with Crippen LogP contribution >= 0.6 is 0 Å². The fourth-order valence-corrected chi connectivity index (χ4v) is 3.37. The summed E-state index contributed by atoms with van der Waals surface area (Å²) >= 11 is 0. The van der Waals surface area contributed by atoms with Gasteiger partial charge in [0.25, 0.3) is 9.84 Å². The minimum atomic E-state index is -6.08. The molecule has 0 aromatic rings.